The maximum atomic E-state index is 12.6. The van der Waals surface area contributed by atoms with Gasteiger partial charge in [0, 0.05) is 10.6 Å². The summed E-state index contributed by atoms with van der Waals surface area (Å²) in [7, 11) is 0. The zero-order valence-electron chi connectivity index (χ0n) is 11.7. The third-order valence-corrected chi connectivity index (χ3v) is 5.15. The molecule has 1 aromatic rings. The number of hydrogen-bond donors (Lipinski definition) is 0. The summed E-state index contributed by atoms with van der Waals surface area (Å²) in [6, 6.07) is 4.53. The molecule has 0 radical (unpaired) electrons. The third kappa shape index (κ3) is 4.68. The van der Waals surface area contributed by atoms with Gasteiger partial charge in [0.15, 0.2) is 0 Å². The molecular formula is C14H14Cl2O3S2. The second kappa shape index (κ2) is 8.73. The molecule has 0 atom stereocenters. The number of ether oxygens (including phenoxy) is 1. The molecule has 0 saturated heterocycles. The number of thioether (sulfide) groups is 2. The van der Waals surface area contributed by atoms with Crippen molar-refractivity contribution in [2.24, 2.45) is 0 Å². The first-order chi connectivity index (χ1) is 9.96. The Morgan fingerprint density at radius 3 is 2.29 bits per heavy atom. The SMILES string of the molecule is CCOC(=O)C(C(=O)c1ccc(Cl)cc1Cl)=C(SC)SC. The van der Waals surface area contributed by atoms with Crippen LogP contribution in [0.15, 0.2) is 28.0 Å². The molecule has 1 aromatic carbocycles. The number of carbonyl (C=O) groups is 2. The van der Waals surface area contributed by atoms with E-state index in [0.29, 0.717) is 9.26 Å². The van der Waals surface area contributed by atoms with Crippen LogP contribution in [0.1, 0.15) is 17.3 Å². The number of Topliss-reactive ketones (excluding diaryl/α,β-unsaturated/α-hetero) is 1. The molecule has 3 nitrogen and oxygen atoms in total. The molecule has 0 fully saturated rings. The van der Waals surface area contributed by atoms with E-state index < -0.39 is 11.8 Å². The van der Waals surface area contributed by atoms with Gasteiger partial charge in [0.25, 0.3) is 0 Å². The average molecular weight is 365 g/mol. The molecule has 1 rings (SSSR count). The monoisotopic (exact) mass is 364 g/mol. The van der Waals surface area contributed by atoms with Gasteiger partial charge in [0.1, 0.15) is 5.57 Å². The highest BCUT2D eigenvalue weighted by molar-refractivity contribution is 8.21. The summed E-state index contributed by atoms with van der Waals surface area (Å²) in [5.74, 6) is -1.11. The smallest absolute Gasteiger partial charge is 0.343 e. The van der Waals surface area contributed by atoms with Crippen LogP contribution in [-0.2, 0) is 9.53 Å². The topological polar surface area (TPSA) is 43.4 Å². The first-order valence-electron chi connectivity index (χ1n) is 5.95. The third-order valence-electron chi connectivity index (χ3n) is 2.46. The molecule has 0 aliphatic heterocycles. The Balaban J connectivity index is 3.35. The maximum Gasteiger partial charge on any atom is 0.343 e. The van der Waals surface area contributed by atoms with E-state index in [-0.39, 0.29) is 22.8 Å². The molecule has 0 saturated carbocycles. The second-order valence-corrected chi connectivity index (χ2v) is 6.48. The molecule has 0 bridgehead atoms. The highest BCUT2D eigenvalue weighted by Crippen LogP contribution is 2.32. The van der Waals surface area contributed by atoms with E-state index in [1.807, 2.05) is 0 Å². The molecule has 0 aromatic heterocycles. The zero-order chi connectivity index (χ0) is 16.0. The van der Waals surface area contributed by atoms with E-state index in [0.717, 1.165) is 0 Å². The summed E-state index contributed by atoms with van der Waals surface area (Å²) in [5.41, 5.74) is 0.228. The van der Waals surface area contributed by atoms with Gasteiger partial charge in [-0.15, -0.1) is 23.5 Å². The first-order valence-corrected chi connectivity index (χ1v) is 9.15. The summed E-state index contributed by atoms with van der Waals surface area (Å²) in [5, 5.41) is 0.629. The largest absolute Gasteiger partial charge is 0.462 e. The zero-order valence-corrected chi connectivity index (χ0v) is 14.9. The number of carbonyl (C=O) groups excluding carboxylic acids is 2. The summed E-state index contributed by atoms with van der Waals surface area (Å²) in [4.78, 5) is 24.7. The van der Waals surface area contributed by atoms with E-state index in [4.69, 9.17) is 27.9 Å². The fraction of sp³-hybridized carbons (Fsp3) is 0.286. The number of esters is 1. The summed E-state index contributed by atoms with van der Waals surface area (Å²) < 4.78 is 5.57. The highest BCUT2D eigenvalue weighted by Gasteiger charge is 2.26. The molecule has 0 aliphatic carbocycles. The van der Waals surface area contributed by atoms with Gasteiger partial charge in [0.05, 0.1) is 15.9 Å². The number of benzene rings is 1. The van der Waals surface area contributed by atoms with E-state index >= 15 is 0 Å². The Labute approximate surface area is 142 Å². The van der Waals surface area contributed by atoms with Crippen LogP contribution in [0.4, 0.5) is 0 Å². The van der Waals surface area contributed by atoms with Crippen LogP contribution in [0.2, 0.25) is 10.0 Å². The number of rotatable bonds is 6. The predicted octanol–water partition coefficient (Wildman–Crippen LogP) is 4.68. The van der Waals surface area contributed by atoms with E-state index in [1.165, 1.54) is 35.7 Å². The number of ketones is 1. The van der Waals surface area contributed by atoms with Crippen LogP contribution in [0.5, 0.6) is 0 Å². The van der Waals surface area contributed by atoms with Crippen molar-refractivity contribution < 1.29 is 14.3 Å². The lowest BCUT2D eigenvalue weighted by Gasteiger charge is -2.11. The summed E-state index contributed by atoms with van der Waals surface area (Å²) in [6.07, 6.45) is 3.59. The standard InChI is InChI=1S/C14H14Cl2O3S2/c1-4-19-13(18)11(14(20-2)21-3)12(17)9-6-5-8(15)7-10(9)16/h5-7H,4H2,1-3H3. The summed E-state index contributed by atoms with van der Waals surface area (Å²) in [6.45, 7) is 1.88. The fourth-order valence-electron chi connectivity index (χ4n) is 1.57. The Kier molecular flexibility index (Phi) is 7.66. The van der Waals surface area contributed by atoms with Crippen LogP contribution in [0, 0.1) is 0 Å². The number of halogens is 2. The summed E-state index contributed by atoms with van der Waals surface area (Å²) >= 11 is 14.5. The number of hydrogen-bond acceptors (Lipinski definition) is 5. The van der Waals surface area contributed by atoms with Crippen LogP contribution in [0.3, 0.4) is 0 Å². The van der Waals surface area contributed by atoms with Crippen molar-refractivity contribution in [3.05, 3.63) is 43.6 Å². The molecule has 0 aliphatic rings. The van der Waals surface area contributed by atoms with Gasteiger partial charge < -0.3 is 4.74 Å². The van der Waals surface area contributed by atoms with Crippen molar-refractivity contribution in [2.45, 2.75) is 6.92 Å². The Morgan fingerprint density at radius 2 is 1.81 bits per heavy atom. The van der Waals surface area contributed by atoms with Crippen molar-refractivity contribution in [3.8, 4) is 0 Å². The van der Waals surface area contributed by atoms with Gasteiger partial charge in [-0.05, 0) is 37.6 Å². The Bertz CT molecular complexity index is 580. The van der Waals surface area contributed by atoms with Crippen molar-refractivity contribution in [2.75, 3.05) is 19.1 Å². The van der Waals surface area contributed by atoms with Crippen molar-refractivity contribution >= 4 is 58.5 Å². The van der Waals surface area contributed by atoms with Crippen LogP contribution >= 0.6 is 46.7 Å². The predicted molar refractivity (Wildman–Crippen MR) is 91.5 cm³/mol. The normalized spacial score (nSPS) is 10.1. The lowest BCUT2D eigenvalue weighted by Crippen LogP contribution is -2.18. The van der Waals surface area contributed by atoms with Crippen molar-refractivity contribution in [1.29, 1.82) is 0 Å². The fourth-order valence-corrected chi connectivity index (χ4v) is 3.49. The van der Waals surface area contributed by atoms with Crippen LogP contribution < -0.4 is 0 Å². The molecule has 0 N–H and O–H groups in total. The van der Waals surface area contributed by atoms with Gasteiger partial charge in [0.2, 0.25) is 5.78 Å². The quantitative estimate of drug-likeness (QED) is 0.241. The van der Waals surface area contributed by atoms with Crippen molar-refractivity contribution in [1.82, 2.24) is 0 Å². The average Bonchev–Trinajstić information content (AvgIpc) is 2.44. The molecule has 0 amide bonds. The van der Waals surface area contributed by atoms with E-state index in [1.54, 1.807) is 25.5 Å². The molecule has 0 unspecified atom stereocenters. The minimum absolute atomic E-state index is 0.000993. The van der Waals surface area contributed by atoms with Gasteiger partial charge >= 0.3 is 5.97 Å². The Hall–Kier alpha value is -0.620. The van der Waals surface area contributed by atoms with Gasteiger partial charge in [-0.2, -0.15) is 0 Å². The molecular weight excluding hydrogens is 351 g/mol. The molecule has 0 heterocycles. The lowest BCUT2D eigenvalue weighted by atomic mass is 10.0. The van der Waals surface area contributed by atoms with E-state index in [9.17, 15) is 9.59 Å². The minimum Gasteiger partial charge on any atom is -0.462 e. The molecule has 7 heteroatoms. The highest BCUT2D eigenvalue weighted by atomic mass is 35.5. The molecule has 0 spiro atoms. The van der Waals surface area contributed by atoms with Crippen molar-refractivity contribution in [3.63, 3.8) is 0 Å². The Morgan fingerprint density at radius 1 is 1.19 bits per heavy atom. The maximum absolute atomic E-state index is 12.6. The van der Waals surface area contributed by atoms with Gasteiger partial charge in [-0.3, -0.25) is 4.79 Å². The first kappa shape index (κ1) is 18.4. The van der Waals surface area contributed by atoms with Crippen LogP contribution in [-0.4, -0.2) is 30.9 Å². The lowest BCUT2D eigenvalue weighted by molar-refractivity contribution is -0.138. The molecule has 114 valence electrons. The van der Waals surface area contributed by atoms with E-state index in [2.05, 4.69) is 0 Å². The molecule has 21 heavy (non-hydrogen) atoms. The van der Waals surface area contributed by atoms with Gasteiger partial charge in [-0.25, -0.2) is 4.79 Å². The van der Waals surface area contributed by atoms with Crippen LogP contribution in [0.25, 0.3) is 0 Å². The minimum atomic E-state index is -0.646. The second-order valence-electron chi connectivity index (χ2n) is 3.74. The van der Waals surface area contributed by atoms with Gasteiger partial charge in [-0.1, -0.05) is 23.2 Å².